The normalized spacial score (nSPS) is 14.6. The summed E-state index contributed by atoms with van der Waals surface area (Å²) in [5, 5.41) is 8.37. The molecule has 1 aliphatic carbocycles. The van der Waals surface area contributed by atoms with Crippen LogP contribution in [0, 0.1) is 5.92 Å². The highest BCUT2D eigenvalue weighted by Gasteiger charge is 2.28. The number of carbonyl (C=O) groups excluding carboxylic acids is 1. The van der Waals surface area contributed by atoms with E-state index in [0.29, 0.717) is 17.5 Å². The molecule has 0 radical (unpaired) electrons. The zero-order valence-electron chi connectivity index (χ0n) is 15.5. The molecule has 1 aliphatic rings. The summed E-state index contributed by atoms with van der Waals surface area (Å²) in [7, 11) is 0. The van der Waals surface area contributed by atoms with Gasteiger partial charge in [-0.25, -0.2) is 4.68 Å². The molecule has 1 heterocycles. The molecule has 3 N–H and O–H groups in total. The predicted octanol–water partition coefficient (Wildman–Crippen LogP) is 3.59. The average molecular weight is 395 g/mol. The van der Waals surface area contributed by atoms with Gasteiger partial charge in [0.2, 0.25) is 5.91 Å². The van der Waals surface area contributed by atoms with E-state index in [9.17, 15) is 4.79 Å². The number of nitrogens with two attached hydrogens (primary N) is 1. The number of halogens is 1. The summed E-state index contributed by atoms with van der Waals surface area (Å²) in [4.78, 5) is 12.5. The van der Waals surface area contributed by atoms with Crippen LogP contribution in [0.25, 0.3) is 16.9 Å². The molecular weight excluding hydrogens is 372 g/mol. The van der Waals surface area contributed by atoms with Crippen LogP contribution in [0.5, 0.6) is 0 Å². The molecular formula is C22H23ClN4O. The van der Waals surface area contributed by atoms with Crippen molar-refractivity contribution >= 4 is 17.5 Å². The average Bonchev–Trinajstić information content (AvgIpc) is 3.49. The van der Waals surface area contributed by atoms with E-state index in [1.165, 1.54) is 12.8 Å². The maximum atomic E-state index is 12.5. The number of carbonyl (C=O) groups is 1. The molecule has 1 saturated carbocycles. The van der Waals surface area contributed by atoms with Crippen molar-refractivity contribution in [2.75, 3.05) is 6.54 Å². The summed E-state index contributed by atoms with van der Waals surface area (Å²) in [5.41, 5.74) is 9.61. The second kappa shape index (κ2) is 8.17. The molecule has 5 nitrogen and oxygen atoms in total. The molecule has 0 bridgehead atoms. The van der Waals surface area contributed by atoms with Crippen LogP contribution in [0.4, 0.5) is 0 Å². The summed E-state index contributed by atoms with van der Waals surface area (Å²) in [6.07, 6.45) is 4.51. The van der Waals surface area contributed by atoms with E-state index >= 15 is 0 Å². The molecule has 1 unspecified atom stereocenters. The van der Waals surface area contributed by atoms with E-state index in [0.717, 1.165) is 22.5 Å². The van der Waals surface area contributed by atoms with Gasteiger partial charge < -0.3 is 11.1 Å². The van der Waals surface area contributed by atoms with Crippen molar-refractivity contribution in [3.63, 3.8) is 0 Å². The molecule has 3 aromatic rings. The lowest BCUT2D eigenvalue weighted by atomic mass is 10.1. The van der Waals surface area contributed by atoms with Gasteiger partial charge in [0.15, 0.2) is 0 Å². The quantitative estimate of drug-likeness (QED) is 0.643. The first-order chi connectivity index (χ1) is 13.6. The minimum Gasteiger partial charge on any atom is -0.354 e. The lowest BCUT2D eigenvalue weighted by Gasteiger charge is -2.11. The van der Waals surface area contributed by atoms with E-state index in [-0.39, 0.29) is 18.4 Å². The van der Waals surface area contributed by atoms with E-state index in [4.69, 9.17) is 22.4 Å². The van der Waals surface area contributed by atoms with Gasteiger partial charge in [0, 0.05) is 34.9 Å². The summed E-state index contributed by atoms with van der Waals surface area (Å²) in [6.45, 7) is 0.520. The van der Waals surface area contributed by atoms with Gasteiger partial charge in [-0.2, -0.15) is 5.10 Å². The lowest BCUT2D eigenvalue weighted by molar-refractivity contribution is -0.120. The second-order valence-corrected chi connectivity index (χ2v) is 7.71. The van der Waals surface area contributed by atoms with Gasteiger partial charge in [0.1, 0.15) is 0 Å². The number of amides is 1. The first-order valence-electron chi connectivity index (χ1n) is 9.52. The number of nitrogens with zero attached hydrogens (tertiary/aromatic N) is 2. The molecule has 1 atom stereocenters. The van der Waals surface area contributed by atoms with Crippen molar-refractivity contribution in [2.24, 2.45) is 11.7 Å². The standard InChI is InChI=1S/C22H23ClN4O/c23-18-10-8-16(9-11-18)22-17(12-21(28)25-13-20(24)15-6-7-15)14-27(26-22)19-4-2-1-3-5-19/h1-5,8-11,14-15,20H,6-7,12-13,24H2,(H,25,28). The van der Waals surface area contributed by atoms with E-state index in [1.807, 2.05) is 65.5 Å². The van der Waals surface area contributed by atoms with Crippen LogP contribution in [0.1, 0.15) is 18.4 Å². The van der Waals surface area contributed by atoms with Crippen molar-refractivity contribution in [3.05, 3.63) is 71.4 Å². The second-order valence-electron chi connectivity index (χ2n) is 7.27. The number of benzene rings is 2. The molecule has 1 aromatic heterocycles. The van der Waals surface area contributed by atoms with Crippen LogP contribution in [0.2, 0.25) is 5.02 Å². The summed E-state index contributed by atoms with van der Waals surface area (Å²) in [5.74, 6) is 0.518. The molecule has 4 rings (SSSR count). The Bertz CT molecular complexity index is 948. The molecule has 2 aromatic carbocycles. The van der Waals surface area contributed by atoms with Crippen LogP contribution >= 0.6 is 11.6 Å². The van der Waals surface area contributed by atoms with Crippen LogP contribution in [0.15, 0.2) is 60.8 Å². The van der Waals surface area contributed by atoms with Gasteiger partial charge in [-0.1, -0.05) is 41.9 Å². The summed E-state index contributed by atoms with van der Waals surface area (Å²) in [6, 6.07) is 17.4. The third-order valence-electron chi connectivity index (χ3n) is 5.04. The minimum atomic E-state index is -0.0427. The highest BCUT2D eigenvalue weighted by Crippen LogP contribution is 2.31. The van der Waals surface area contributed by atoms with Crippen molar-refractivity contribution < 1.29 is 4.79 Å². The molecule has 144 valence electrons. The minimum absolute atomic E-state index is 0.0427. The maximum Gasteiger partial charge on any atom is 0.224 e. The number of para-hydroxylation sites is 1. The Kier molecular flexibility index (Phi) is 5.46. The number of nitrogens with one attached hydrogen (secondary N) is 1. The number of aromatic nitrogens is 2. The van der Waals surface area contributed by atoms with Gasteiger partial charge in [0.25, 0.3) is 0 Å². The molecule has 6 heteroatoms. The predicted molar refractivity (Wildman–Crippen MR) is 111 cm³/mol. The summed E-state index contributed by atoms with van der Waals surface area (Å²) < 4.78 is 1.81. The van der Waals surface area contributed by atoms with Crippen LogP contribution < -0.4 is 11.1 Å². The van der Waals surface area contributed by atoms with Gasteiger partial charge >= 0.3 is 0 Å². The van der Waals surface area contributed by atoms with Gasteiger partial charge in [0.05, 0.1) is 17.8 Å². The van der Waals surface area contributed by atoms with Crippen LogP contribution in [-0.2, 0) is 11.2 Å². The first kappa shape index (κ1) is 18.7. The molecule has 28 heavy (non-hydrogen) atoms. The van der Waals surface area contributed by atoms with Gasteiger partial charge in [-0.15, -0.1) is 0 Å². The summed E-state index contributed by atoms with van der Waals surface area (Å²) >= 11 is 6.02. The third kappa shape index (κ3) is 4.43. The maximum absolute atomic E-state index is 12.5. The Balaban J connectivity index is 1.57. The van der Waals surface area contributed by atoms with Gasteiger partial charge in [-0.3, -0.25) is 4.79 Å². The molecule has 0 aliphatic heterocycles. The van der Waals surface area contributed by atoms with Gasteiger partial charge in [-0.05, 0) is 43.0 Å². The van der Waals surface area contributed by atoms with Crippen LogP contribution in [0.3, 0.4) is 0 Å². The highest BCUT2D eigenvalue weighted by atomic mass is 35.5. The fourth-order valence-corrected chi connectivity index (χ4v) is 3.39. The van der Waals surface area contributed by atoms with Crippen LogP contribution in [-0.4, -0.2) is 28.3 Å². The Morgan fingerprint density at radius 3 is 2.57 bits per heavy atom. The zero-order valence-corrected chi connectivity index (χ0v) is 16.3. The number of hydrogen-bond donors (Lipinski definition) is 2. The Hall–Kier alpha value is -2.63. The molecule has 0 spiro atoms. The Labute approximate surface area is 169 Å². The number of hydrogen-bond acceptors (Lipinski definition) is 3. The highest BCUT2D eigenvalue weighted by molar-refractivity contribution is 6.30. The lowest BCUT2D eigenvalue weighted by Crippen LogP contribution is -2.39. The smallest absolute Gasteiger partial charge is 0.224 e. The fourth-order valence-electron chi connectivity index (χ4n) is 3.26. The molecule has 1 amide bonds. The Morgan fingerprint density at radius 2 is 1.89 bits per heavy atom. The zero-order chi connectivity index (χ0) is 19.5. The number of rotatable bonds is 7. The van der Waals surface area contributed by atoms with E-state index in [2.05, 4.69) is 5.32 Å². The third-order valence-corrected chi connectivity index (χ3v) is 5.29. The SMILES string of the molecule is NC(CNC(=O)Cc1cn(-c2ccccc2)nc1-c1ccc(Cl)cc1)C1CC1. The largest absolute Gasteiger partial charge is 0.354 e. The topological polar surface area (TPSA) is 72.9 Å². The Morgan fingerprint density at radius 1 is 1.18 bits per heavy atom. The van der Waals surface area contributed by atoms with Crippen molar-refractivity contribution in [3.8, 4) is 16.9 Å². The van der Waals surface area contributed by atoms with Crippen molar-refractivity contribution in [1.29, 1.82) is 0 Å². The van der Waals surface area contributed by atoms with Crippen molar-refractivity contribution in [1.82, 2.24) is 15.1 Å². The van der Waals surface area contributed by atoms with E-state index < -0.39 is 0 Å². The fraction of sp³-hybridized carbons (Fsp3) is 0.273. The first-order valence-corrected chi connectivity index (χ1v) is 9.90. The molecule has 1 fully saturated rings. The van der Waals surface area contributed by atoms with Crippen molar-refractivity contribution in [2.45, 2.75) is 25.3 Å². The van der Waals surface area contributed by atoms with E-state index in [1.54, 1.807) is 0 Å². The monoisotopic (exact) mass is 394 g/mol. The molecule has 0 saturated heterocycles.